The van der Waals surface area contributed by atoms with Crippen LogP contribution in [0.1, 0.15) is 113 Å². The molecule has 9 aromatic carbocycles. The number of rotatable bonds is 7. The van der Waals surface area contributed by atoms with Gasteiger partial charge in [0.1, 0.15) is 5.75 Å². The zero-order chi connectivity index (χ0) is 65.2. The van der Waals surface area contributed by atoms with Crippen molar-refractivity contribution < 1.29 is 31.6 Å². The van der Waals surface area contributed by atoms with Gasteiger partial charge < -0.3 is 39.0 Å². The Labute approximate surface area is 593 Å². The molecule has 2 saturated heterocycles. The third kappa shape index (κ3) is 18.8. The van der Waals surface area contributed by atoms with Gasteiger partial charge in [-0.1, -0.05) is 95.9 Å². The number of allylic oxidation sites excluding steroid dienone is 2. The summed E-state index contributed by atoms with van der Waals surface area (Å²) in [6.45, 7) is 37.2. The molecule has 2 heterocycles. The number of benzene rings is 9. The number of fused-ring (bicyclic) bond motifs is 2. The monoisotopic (exact) mass is 1520 g/mol. The van der Waals surface area contributed by atoms with Crippen molar-refractivity contribution in [1.29, 1.82) is 0 Å². The van der Waals surface area contributed by atoms with Crippen LogP contribution in [0, 0.1) is 118 Å². The molecule has 0 spiro atoms. The van der Waals surface area contributed by atoms with Crippen molar-refractivity contribution in [3.63, 3.8) is 0 Å². The fraction of sp³-hybridized carbons (Fsp3) is 0.220. The van der Waals surface area contributed by atoms with Gasteiger partial charge in [-0.3, -0.25) is 0 Å². The summed E-state index contributed by atoms with van der Waals surface area (Å²) < 4.78 is 7.13. The first-order chi connectivity index (χ1) is 43.6. The molecule has 5 nitrogen and oxygen atoms in total. The van der Waals surface area contributed by atoms with Crippen LogP contribution in [-0.4, -0.2) is 34.4 Å². The first-order valence-electron chi connectivity index (χ1n) is 30.6. The first kappa shape index (κ1) is 77.0. The summed E-state index contributed by atoms with van der Waals surface area (Å²) in [6, 6.07) is 63.5. The van der Waals surface area contributed by atoms with Crippen LogP contribution in [0.4, 0.5) is 22.7 Å². The molecule has 0 amide bonds. The van der Waals surface area contributed by atoms with E-state index in [1.54, 1.807) is 0 Å². The number of hydrogen-bond acceptors (Lipinski definition) is 5. The van der Waals surface area contributed by atoms with Gasteiger partial charge >= 0.3 is 240 Å². The summed E-state index contributed by atoms with van der Waals surface area (Å²) in [7, 11) is 27.0. The van der Waals surface area contributed by atoms with Gasteiger partial charge in [-0.2, -0.15) is 13.3 Å². The molecule has 2 fully saturated rings. The summed E-state index contributed by atoms with van der Waals surface area (Å²) in [5.41, 5.74) is 32.7. The van der Waals surface area contributed by atoms with E-state index in [2.05, 4.69) is 247 Å². The number of nitrogens with zero attached hydrogens (tertiary/aromatic N) is 4. The molecule has 2 aliphatic heterocycles. The molecule has 1 unspecified atom stereocenters. The normalized spacial score (nSPS) is 13.5. The summed E-state index contributed by atoms with van der Waals surface area (Å²) in [6.07, 6.45) is 4.30. The molecule has 500 valence electrons. The molecule has 0 saturated carbocycles. The Morgan fingerprint density at radius 1 is 0.340 bits per heavy atom. The van der Waals surface area contributed by atoms with Crippen LogP contribution in [0.2, 0.25) is 0 Å². The zero-order valence-corrected chi connectivity index (χ0v) is 64.1. The quantitative estimate of drug-likeness (QED) is 0.0898. The molecule has 0 N–H and O–H groups in total. The molecule has 0 aromatic heterocycles. The average molecular weight is 1530 g/mol. The van der Waals surface area contributed by atoms with Gasteiger partial charge in [0.05, 0.1) is 9.47 Å². The number of hydrogen-bond donors (Lipinski definition) is 0. The Morgan fingerprint density at radius 3 is 0.830 bits per heavy atom. The standard InChI is InChI=1S/2C21H27N2.2C15H10.C7H9OP.CH4.2CH3.4ClH.2Ru/c2*1-14-9-16(3)20(17(4)10-14)22-7-8-23(13-22)21-18(5)11-15(2)12-19(21)6;2*1-2-6-12(7-3-1)15-11-10-13-8-4-5-9-14(13)15;1-6-2-4-7(8-9)5-3-6;;;;;;;;;/h2*9-13H,7-8H2,1-6H3;2*1-9,11H;2-5H,9H2,1H3;1H4;2*1H3;4*1H;;/q2*-1;;;;;2*-1;;;;;2*+2/p-4. The average Bonchev–Trinajstić information content (AvgIpc) is 1.64. The van der Waals surface area contributed by atoms with E-state index < -0.39 is 27.0 Å². The fourth-order valence-corrected chi connectivity index (χ4v) is 18.2. The van der Waals surface area contributed by atoms with E-state index in [0.717, 1.165) is 40.1 Å². The predicted octanol–water partition coefficient (Wildman–Crippen LogP) is 22.8. The van der Waals surface area contributed by atoms with Gasteiger partial charge in [-0.05, 0) is 147 Å². The molecule has 0 bridgehead atoms. The van der Waals surface area contributed by atoms with E-state index in [0.29, 0.717) is 0 Å². The molecular weight excluding hydrogens is 1430 g/mol. The van der Waals surface area contributed by atoms with Crippen LogP contribution in [0.15, 0.2) is 194 Å². The van der Waals surface area contributed by atoms with Crippen molar-refractivity contribution in [2.45, 2.75) is 97.4 Å². The Kier molecular flexibility index (Phi) is 29.0. The van der Waals surface area contributed by atoms with Crippen LogP contribution in [0.25, 0.3) is 11.1 Å². The molecule has 94 heavy (non-hydrogen) atoms. The SMILES string of the molecule is C.Cc1cc(C)c(N2[CH-]N(c3c(C)cc(C)cc3C)CC2)c(C)c1.Cc1cc(C)c(N2[CH-]N(c3c(C)cc(C)cc3C)CC2)c(C)c1.Cc1ccc(OP)cc1.[CH3-].[CH3-].[Cl][Ru]([Cl])=[C]1C=C(c2ccccc2)c2ccccc21.[Cl][Ru]([Cl])=[C]1C=C(c2ccccc2)c2ccccc21. The van der Waals surface area contributed by atoms with E-state index in [-0.39, 0.29) is 22.3 Å². The predicted molar refractivity (Wildman–Crippen MR) is 413 cm³/mol. The Bertz CT molecular complexity index is 3750. The number of aryl methyl sites for hydroxylation is 13. The van der Waals surface area contributed by atoms with Crippen LogP contribution in [0.3, 0.4) is 0 Å². The molecule has 2 aliphatic carbocycles. The van der Waals surface area contributed by atoms with Crippen molar-refractivity contribution in [2.75, 3.05) is 45.8 Å². The second-order valence-electron chi connectivity index (χ2n) is 23.9. The zero-order valence-electron chi connectivity index (χ0n) is 56.5. The van der Waals surface area contributed by atoms with E-state index in [4.69, 9.17) is 43.3 Å². The van der Waals surface area contributed by atoms with Gasteiger partial charge in [-0.15, -0.1) is 0 Å². The second-order valence-corrected chi connectivity index (χ2v) is 35.8. The maximum absolute atomic E-state index is 6.19. The van der Waals surface area contributed by atoms with E-state index in [1.807, 2.05) is 79.7 Å². The van der Waals surface area contributed by atoms with Gasteiger partial charge in [0.25, 0.3) is 0 Å². The second kappa shape index (κ2) is 35.3. The van der Waals surface area contributed by atoms with Gasteiger partial charge in [0, 0.05) is 48.9 Å². The van der Waals surface area contributed by atoms with Crippen molar-refractivity contribution in [1.82, 2.24) is 0 Å². The number of halogens is 4. The van der Waals surface area contributed by atoms with Crippen molar-refractivity contribution in [3.8, 4) is 5.75 Å². The Balaban J connectivity index is 0.000000189. The minimum atomic E-state index is -1.88. The van der Waals surface area contributed by atoms with Gasteiger partial charge in [0.15, 0.2) is 0 Å². The van der Waals surface area contributed by atoms with E-state index >= 15 is 0 Å². The van der Waals surface area contributed by atoms with Crippen LogP contribution in [-0.2, 0) is 27.0 Å². The molecule has 4 aliphatic rings. The van der Waals surface area contributed by atoms with Crippen molar-refractivity contribution >= 4 is 90.3 Å². The molecule has 13 rings (SSSR count). The van der Waals surface area contributed by atoms with E-state index in [1.165, 1.54) is 140 Å². The topological polar surface area (TPSA) is 22.2 Å². The third-order valence-electron chi connectivity index (χ3n) is 16.5. The summed E-state index contributed by atoms with van der Waals surface area (Å²) >= 11 is -3.76. The fourth-order valence-electron chi connectivity index (χ4n) is 13.1. The molecule has 9 aromatic rings. The van der Waals surface area contributed by atoms with Crippen molar-refractivity contribution in [2.24, 2.45) is 0 Å². The van der Waals surface area contributed by atoms with Crippen molar-refractivity contribution in [3.05, 3.63) is 328 Å². The first-order valence-corrected chi connectivity index (χ1v) is 41.8. The van der Waals surface area contributed by atoms with E-state index in [9.17, 15) is 0 Å². The maximum atomic E-state index is 6.19. The molecule has 0 radical (unpaired) electrons. The van der Waals surface area contributed by atoms with Crippen LogP contribution < -0.4 is 24.1 Å². The van der Waals surface area contributed by atoms with Gasteiger partial charge in [-0.25, -0.2) is 0 Å². The third-order valence-corrected chi connectivity index (χ3v) is 23.0. The van der Waals surface area contributed by atoms with Crippen LogP contribution >= 0.6 is 48.2 Å². The molecule has 12 heteroatoms. The number of anilines is 4. The summed E-state index contributed by atoms with van der Waals surface area (Å²) in [4.78, 5) is 9.62. The summed E-state index contributed by atoms with van der Waals surface area (Å²) in [5, 5.41) is 0. The minimum absolute atomic E-state index is 0. The molecule has 1 atom stereocenters. The van der Waals surface area contributed by atoms with Crippen LogP contribution in [0.5, 0.6) is 5.75 Å². The Morgan fingerprint density at radius 2 is 0.585 bits per heavy atom. The van der Waals surface area contributed by atoms with Gasteiger partial charge in [0.2, 0.25) is 0 Å². The summed E-state index contributed by atoms with van der Waals surface area (Å²) in [5.74, 6) is 0.880. The molecular formula is C82H93Cl4N4OPRu2-4. The Hall–Kier alpha value is -5.96.